The van der Waals surface area contributed by atoms with Crippen molar-refractivity contribution in [3.8, 4) is 11.5 Å². The zero-order chi connectivity index (χ0) is 24.3. The molecule has 0 unspecified atom stereocenters. The van der Waals surface area contributed by atoms with Crippen molar-refractivity contribution in [3.63, 3.8) is 0 Å². The van der Waals surface area contributed by atoms with Crippen molar-refractivity contribution in [3.05, 3.63) is 126 Å². The number of hydrogen-bond donors (Lipinski definition) is 1. The van der Waals surface area contributed by atoms with Gasteiger partial charge in [0, 0.05) is 19.3 Å². The van der Waals surface area contributed by atoms with Crippen molar-refractivity contribution < 1.29 is 9.53 Å². The average Bonchev–Trinajstić information content (AvgIpc) is 2.89. The number of nitrogens with zero attached hydrogens (tertiary/aromatic N) is 2. The molecule has 0 saturated carbocycles. The summed E-state index contributed by atoms with van der Waals surface area (Å²) in [5.74, 6) is 0.657. The van der Waals surface area contributed by atoms with Gasteiger partial charge in [0.1, 0.15) is 11.5 Å². The standard InChI is InChI=1S/C30H31N3O2/c31-30(34)27-20-29(22-32-21-27)35-28-15-13-25(14-16-28)17-19-33(23-26-10-5-2-6-11-26)18-7-12-24-8-3-1-4-9-24/h1-6,8-11,13-16,20-22H,7,12,17-19,23H2,(H2,31,34). The van der Waals surface area contributed by atoms with Crippen LogP contribution in [0, 0.1) is 0 Å². The summed E-state index contributed by atoms with van der Waals surface area (Å²) in [7, 11) is 0. The van der Waals surface area contributed by atoms with E-state index in [4.69, 9.17) is 10.5 Å². The summed E-state index contributed by atoms with van der Waals surface area (Å²) < 4.78 is 5.84. The number of rotatable bonds is 12. The van der Waals surface area contributed by atoms with Crippen LogP contribution in [0.1, 0.15) is 33.5 Å². The van der Waals surface area contributed by atoms with Crippen LogP contribution in [-0.4, -0.2) is 28.9 Å². The molecule has 1 heterocycles. The number of primary amides is 1. The molecule has 0 bridgehead atoms. The molecule has 1 aromatic heterocycles. The van der Waals surface area contributed by atoms with Gasteiger partial charge in [0.15, 0.2) is 0 Å². The highest BCUT2D eigenvalue weighted by atomic mass is 16.5. The fourth-order valence-electron chi connectivity index (χ4n) is 4.02. The molecule has 0 aliphatic carbocycles. The van der Waals surface area contributed by atoms with E-state index in [0.717, 1.165) is 38.9 Å². The van der Waals surface area contributed by atoms with Gasteiger partial charge in [-0.25, -0.2) is 0 Å². The number of nitrogens with two attached hydrogens (primary N) is 1. The molecule has 3 aromatic carbocycles. The summed E-state index contributed by atoms with van der Waals surface area (Å²) in [6.07, 6.45) is 6.17. The largest absolute Gasteiger partial charge is 0.456 e. The van der Waals surface area contributed by atoms with E-state index in [0.29, 0.717) is 17.1 Å². The van der Waals surface area contributed by atoms with Crippen LogP contribution in [0.4, 0.5) is 0 Å². The maximum absolute atomic E-state index is 11.4. The Hall–Kier alpha value is -3.96. The van der Waals surface area contributed by atoms with E-state index in [1.807, 2.05) is 12.1 Å². The number of aryl methyl sites for hydroxylation is 1. The molecule has 0 fully saturated rings. The van der Waals surface area contributed by atoms with Gasteiger partial charge >= 0.3 is 0 Å². The lowest BCUT2D eigenvalue weighted by molar-refractivity contribution is 0.0999. The van der Waals surface area contributed by atoms with E-state index in [2.05, 4.69) is 82.7 Å². The Kier molecular flexibility index (Phi) is 8.63. The first-order chi connectivity index (χ1) is 17.2. The maximum Gasteiger partial charge on any atom is 0.250 e. The van der Waals surface area contributed by atoms with Gasteiger partial charge in [-0.2, -0.15) is 0 Å². The molecule has 0 radical (unpaired) electrons. The Morgan fingerprint density at radius 3 is 2.09 bits per heavy atom. The van der Waals surface area contributed by atoms with E-state index < -0.39 is 5.91 Å². The molecule has 4 aromatic rings. The molecule has 2 N–H and O–H groups in total. The highest BCUT2D eigenvalue weighted by molar-refractivity contribution is 5.92. The molecular weight excluding hydrogens is 434 g/mol. The third kappa shape index (κ3) is 7.80. The minimum Gasteiger partial charge on any atom is -0.456 e. The summed E-state index contributed by atoms with van der Waals surface area (Å²) >= 11 is 0. The van der Waals surface area contributed by atoms with Crippen molar-refractivity contribution in [1.29, 1.82) is 0 Å². The van der Waals surface area contributed by atoms with Crippen LogP contribution < -0.4 is 10.5 Å². The monoisotopic (exact) mass is 465 g/mol. The van der Waals surface area contributed by atoms with Gasteiger partial charge in [0.2, 0.25) is 5.91 Å². The smallest absolute Gasteiger partial charge is 0.250 e. The molecule has 5 nitrogen and oxygen atoms in total. The maximum atomic E-state index is 11.4. The summed E-state index contributed by atoms with van der Waals surface area (Å²) in [6, 6.07) is 31.0. The first-order valence-corrected chi connectivity index (χ1v) is 12.0. The average molecular weight is 466 g/mol. The second-order valence-electron chi connectivity index (χ2n) is 8.62. The molecule has 0 aliphatic heterocycles. The van der Waals surface area contributed by atoms with E-state index in [9.17, 15) is 4.79 Å². The van der Waals surface area contributed by atoms with Gasteiger partial charge in [-0.3, -0.25) is 14.7 Å². The Morgan fingerprint density at radius 1 is 0.743 bits per heavy atom. The van der Waals surface area contributed by atoms with Gasteiger partial charge in [0.25, 0.3) is 0 Å². The third-order valence-corrected chi connectivity index (χ3v) is 5.91. The van der Waals surface area contributed by atoms with Crippen LogP contribution in [0.2, 0.25) is 0 Å². The summed E-state index contributed by atoms with van der Waals surface area (Å²) in [5.41, 5.74) is 9.62. The predicted octanol–water partition coefficient (Wildman–Crippen LogP) is 5.65. The Morgan fingerprint density at radius 2 is 1.40 bits per heavy atom. The van der Waals surface area contributed by atoms with Crippen molar-refractivity contribution in [1.82, 2.24) is 9.88 Å². The fraction of sp³-hybridized carbons (Fsp3) is 0.200. The number of hydrogen-bond acceptors (Lipinski definition) is 4. The van der Waals surface area contributed by atoms with E-state index >= 15 is 0 Å². The first kappa shape index (κ1) is 24.2. The minimum absolute atomic E-state index is 0.324. The number of benzene rings is 3. The number of ether oxygens (including phenoxy) is 1. The van der Waals surface area contributed by atoms with Crippen LogP contribution >= 0.6 is 0 Å². The Bertz CT molecular complexity index is 1200. The number of aromatic nitrogens is 1. The van der Waals surface area contributed by atoms with Gasteiger partial charge in [-0.05, 0) is 60.7 Å². The van der Waals surface area contributed by atoms with E-state index in [1.54, 1.807) is 12.3 Å². The van der Waals surface area contributed by atoms with Gasteiger partial charge in [-0.15, -0.1) is 0 Å². The third-order valence-electron chi connectivity index (χ3n) is 5.91. The normalized spacial score (nSPS) is 10.9. The molecule has 0 saturated heterocycles. The first-order valence-electron chi connectivity index (χ1n) is 12.0. The number of amides is 1. The Balaban J connectivity index is 1.33. The van der Waals surface area contributed by atoms with Gasteiger partial charge in [-0.1, -0.05) is 72.8 Å². The second-order valence-corrected chi connectivity index (χ2v) is 8.62. The van der Waals surface area contributed by atoms with Crippen LogP contribution in [0.15, 0.2) is 103 Å². The van der Waals surface area contributed by atoms with Gasteiger partial charge in [0.05, 0.1) is 11.8 Å². The molecule has 5 heteroatoms. The van der Waals surface area contributed by atoms with Crippen LogP contribution in [-0.2, 0) is 19.4 Å². The van der Waals surface area contributed by atoms with Crippen LogP contribution in [0.5, 0.6) is 11.5 Å². The number of carbonyl (C=O) groups is 1. The highest BCUT2D eigenvalue weighted by Crippen LogP contribution is 2.22. The molecule has 4 rings (SSSR count). The van der Waals surface area contributed by atoms with Crippen LogP contribution in [0.3, 0.4) is 0 Å². The molecule has 0 atom stereocenters. The van der Waals surface area contributed by atoms with Crippen molar-refractivity contribution in [2.45, 2.75) is 25.8 Å². The molecule has 0 aliphatic rings. The van der Waals surface area contributed by atoms with Crippen LogP contribution in [0.25, 0.3) is 0 Å². The minimum atomic E-state index is -0.526. The van der Waals surface area contributed by atoms with Gasteiger partial charge < -0.3 is 10.5 Å². The van der Waals surface area contributed by atoms with Crippen molar-refractivity contribution in [2.24, 2.45) is 5.73 Å². The summed E-state index contributed by atoms with van der Waals surface area (Å²) in [6.45, 7) is 2.97. The zero-order valence-electron chi connectivity index (χ0n) is 19.8. The highest BCUT2D eigenvalue weighted by Gasteiger charge is 2.08. The molecule has 178 valence electrons. The SMILES string of the molecule is NC(=O)c1cncc(Oc2ccc(CCN(CCCc3ccccc3)Cc3ccccc3)cc2)c1. The lowest BCUT2D eigenvalue weighted by Crippen LogP contribution is -2.27. The lowest BCUT2D eigenvalue weighted by atomic mass is 10.1. The zero-order valence-corrected chi connectivity index (χ0v) is 19.8. The van der Waals surface area contributed by atoms with E-state index in [-0.39, 0.29) is 0 Å². The molecule has 35 heavy (non-hydrogen) atoms. The second kappa shape index (κ2) is 12.5. The summed E-state index contributed by atoms with van der Waals surface area (Å²) in [4.78, 5) is 17.9. The lowest BCUT2D eigenvalue weighted by Gasteiger charge is -2.22. The van der Waals surface area contributed by atoms with Crippen molar-refractivity contribution >= 4 is 5.91 Å². The van der Waals surface area contributed by atoms with E-state index in [1.165, 1.54) is 22.9 Å². The number of carbonyl (C=O) groups excluding carboxylic acids is 1. The Labute approximate surface area is 207 Å². The predicted molar refractivity (Wildman–Crippen MR) is 139 cm³/mol. The molecule has 0 spiro atoms. The fourth-order valence-corrected chi connectivity index (χ4v) is 4.02. The topological polar surface area (TPSA) is 68.5 Å². The molecular formula is C30H31N3O2. The molecule has 1 amide bonds. The summed E-state index contributed by atoms with van der Waals surface area (Å²) in [5, 5.41) is 0. The number of pyridine rings is 1. The van der Waals surface area contributed by atoms with Crippen molar-refractivity contribution in [2.75, 3.05) is 13.1 Å². The quantitative estimate of drug-likeness (QED) is 0.294.